The highest BCUT2D eigenvalue weighted by Gasteiger charge is 2.33. The minimum atomic E-state index is -1.26. The third-order valence-electron chi connectivity index (χ3n) is 4.18. The van der Waals surface area contributed by atoms with Gasteiger partial charge in [-0.25, -0.2) is 13.2 Å². The molecule has 29 heavy (non-hydrogen) atoms. The average Bonchev–Trinajstić information content (AvgIpc) is 2.64. The van der Waals surface area contributed by atoms with Gasteiger partial charge in [-0.1, -0.05) is 13.0 Å². The summed E-state index contributed by atoms with van der Waals surface area (Å²) < 4.78 is 42.0. The van der Waals surface area contributed by atoms with Gasteiger partial charge in [0.2, 0.25) is 6.41 Å². The lowest BCUT2D eigenvalue weighted by Gasteiger charge is -2.39. The Labute approximate surface area is 166 Å². The number of hydrogen-bond acceptors (Lipinski definition) is 4. The summed E-state index contributed by atoms with van der Waals surface area (Å²) in [5.41, 5.74) is 4.90. The molecule has 0 atom stereocenters. The number of halogens is 3. The summed E-state index contributed by atoms with van der Waals surface area (Å²) >= 11 is 0. The summed E-state index contributed by atoms with van der Waals surface area (Å²) in [5.74, 6) is -3.60. The maximum Gasteiger partial charge on any atom is 0.256 e. The maximum atomic E-state index is 14.3. The van der Waals surface area contributed by atoms with Crippen molar-refractivity contribution in [1.82, 2.24) is 10.2 Å². The number of anilines is 2. The quantitative estimate of drug-likeness (QED) is 0.664. The van der Waals surface area contributed by atoms with Gasteiger partial charge in [-0.05, 0) is 43.3 Å². The Kier molecular flexibility index (Phi) is 7.60. The predicted octanol–water partition coefficient (Wildman–Crippen LogP) is 2.69. The van der Waals surface area contributed by atoms with Crippen molar-refractivity contribution in [2.75, 3.05) is 25.0 Å². The molecule has 1 heterocycles. The first kappa shape index (κ1) is 22.2. The highest BCUT2D eigenvalue weighted by molar-refractivity contribution is 6.01. The van der Waals surface area contributed by atoms with Crippen molar-refractivity contribution in [1.29, 1.82) is 0 Å². The molecule has 0 bridgehead atoms. The smallest absolute Gasteiger partial charge is 0.256 e. The van der Waals surface area contributed by atoms with Crippen molar-refractivity contribution in [3.63, 3.8) is 0 Å². The molecule has 0 saturated carbocycles. The molecule has 6 nitrogen and oxygen atoms in total. The lowest BCUT2D eigenvalue weighted by atomic mass is 10.0. The molecule has 0 radical (unpaired) electrons. The number of nitrogens with zero attached hydrogens (tertiary/aromatic N) is 1. The van der Waals surface area contributed by atoms with Crippen LogP contribution in [0.25, 0.3) is 0 Å². The maximum absolute atomic E-state index is 14.3. The number of carbonyl (C=O) groups is 2. The molecule has 1 aliphatic rings. The second kappa shape index (κ2) is 9.92. The van der Waals surface area contributed by atoms with Crippen LogP contribution in [-0.4, -0.2) is 42.9 Å². The number of aryl methyl sites for hydroxylation is 1. The minimum Gasteiger partial charge on any atom is -0.352 e. The van der Waals surface area contributed by atoms with Crippen molar-refractivity contribution in [3.05, 3.63) is 58.9 Å². The molecule has 2 amide bonds. The van der Waals surface area contributed by atoms with Gasteiger partial charge in [-0.15, -0.1) is 0 Å². The minimum absolute atomic E-state index is 0.0711. The third kappa shape index (κ3) is 5.26. The van der Waals surface area contributed by atoms with E-state index in [1.165, 1.54) is 17.0 Å². The zero-order valence-electron chi connectivity index (χ0n) is 16.1. The van der Waals surface area contributed by atoms with Crippen LogP contribution in [0.5, 0.6) is 0 Å². The van der Waals surface area contributed by atoms with Crippen LogP contribution in [0, 0.1) is 24.4 Å². The second-order valence-corrected chi connectivity index (χ2v) is 6.49. The van der Waals surface area contributed by atoms with Gasteiger partial charge in [-0.3, -0.25) is 9.59 Å². The number of carbonyl (C=O) groups excluding carboxylic acids is 2. The van der Waals surface area contributed by atoms with E-state index in [0.29, 0.717) is 12.0 Å². The summed E-state index contributed by atoms with van der Waals surface area (Å²) in [6.45, 7) is 4.86. The van der Waals surface area contributed by atoms with E-state index in [-0.39, 0.29) is 30.4 Å². The fourth-order valence-corrected chi connectivity index (χ4v) is 2.72. The molecule has 1 aliphatic heterocycles. The molecule has 156 valence electrons. The number of nitrogens with one attached hydrogen (secondary N) is 2. The zero-order valence-corrected chi connectivity index (χ0v) is 16.1. The molecule has 9 heteroatoms. The molecule has 4 N–H and O–H groups in total. The van der Waals surface area contributed by atoms with E-state index >= 15 is 0 Å². The van der Waals surface area contributed by atoms with Crippen LogP contribution in [0.4, 0.5) is 24.5 Å². The highest BCUT2D eigenvalue weighted by Crippen LogP contribution is 2.30. The fraction of sp³-hybridized carbons (Fsp3) is 0.300. The Morgan fingerprint density at radius 3 is 2.45 bits per heavy atom. The number of likely N-dealkylation sites (tertiary alicyclic amines) is 1. The van der Waals surface area contributed by atoms with Gasteiger partial charge in [-0.2, -0.15) is 0 Å². The summed E-state index contributed by atoms with van der Waals surface area (Å²) in [6, 6.07) is 6.06. The fourth-order valence-electron chi connectivity index (χ4n) is 2.72. The van der Waals surface area contributed by atoms with Crippen molar-refractivity contribution < 1.29 is 22.8 Å². The van der Waals surface area contributed by atoms with Crippen molar-refractivity contribution >= 4 is 23.7 Å². The largest absolute Gasteiger partial charge is 0.352 e. The van der Waals surface area contributed by atoms with E-state index in [4.69, 9.17) is 5.73 Å². The molecule has 2 aromatic carbocycles. The van der Waals surface area contributed by atoms with Gasteiger partial charge >= 0.3 is 0 Å². The van der Waals surface area contributed by atoms with Gasteiger partial charge in [0.1, 0.15) is 5.82 Å². The standard InChI is InChI=1S/C18H16F3N3O2.C2H7N/c1-10-2-5-15(14(20)6-10)23-17-12(3-4-13(19)16(17)21)18(26)24-7-11(8-24)22-9-25;1-2-3/h2-6,9,11,23H,7-8H2,1H3,(H,22,25);2-3H2,1H3. The topological polar surface area (TPSA) is 87.5 Å². The first-order chi connectivity index (χ1) is 13.8. The van der Waals surface area contributed by atoms with Gasteiger partial charge < -0.3 is 21.3 Å². The van der Waals surface area contributed by atoms with E-state index in [0.717, 1.165) is 18.7 Å². The number of benzene rings is 2. The molecular weight excluding hydrogens is 385 g/mol. The Hall–Kier alpha value is -3.07. The Morgan fingerprint density at radius 1 is 1.21 bits per heavy atom. The van der Waals surface area contributed by atoms with E-state index in [9.17, 15) is 22.8 Å². The van der Waals surface area contributed by atoms with Crippen LogP contribution in [0.2, 0.25) is 0 Å². The lowest BCUT2D eigenvalue weighted by Crippen LogP contribution is -2.59. The normalized spacial score (nSPS) is 13.1. The SMILES string of the molecule is CCN.Cc1ccc(Nc2c(C(=O)N3CC(NC=O)C3)ccc(F)c2F)c(F)c1. The van der Waals surface area contributed by atoms with Crippen molar-refractivity contribution in [3.8, 4) is 0 Å². The van der Waals surface area contributed by atoms with Crippen LogP contribution in [0.1, 0.15) is 22.8 Å². The summed E-state index contributed by atoms with van der Waals surface area (Å²) in [4.78, 5) is 24.4. The van der Waals surface area contributed by atoms with Gasteiger partial charge in [0.15, 0.2) is 11.6 Å². The molecule has 0 unspecified atom stereocenters. The molecular formula is C20H23F3N4O2. The lowest BCUT2D eigenvalue weighted by molar-refractivity contribution is -0.111. The zero-order chi connectivity index (χ0) is 21.6. The molecule has 2 aromatic rings. The molecule has 0 spiro atoms. The van der Waals surface area contributed by atoms with Gasteiger partial charge in [0.05, 0.1) is 23.0 Å². The summed E-state index contributed by atoms with van der Waals surface area (Å²) in [7, 11) is 0. The van der Waals surface area contributed by atoms with Gasteiger partial charge in [0, 0.05) is 13.1 Å². The molecule has 1 fully saturated rings. The van der Waals surface area contributed by atoms with Crippen LogP contribution < -0.4 is 16.4 Å². The third-order valence-corrected chi connectivity index (χ3v) is 4.18. The Morgan fingerprint density at radius 2 is 1.86 bits per heavy atom. The average molecular weight is 408 g/mol. The van der Waals surface area contributed by atoms with Crippen LogP contribution >= 0.6 is 0 Å². The number of rotatable bonds is 5. The van der Waals surface area contributed by atoms with E-state index < -0.39 is 29.0 Å². The predicted molar refractivity (Wildman–Crippen MR) is 104 cm³/mol. The van der Waals surface area contributed by atoms with Crippen LogP contribution in [-0.2, 0) is 4.79 Å². The molecule has 1 saturated heterocycles. The Bertz CT molecular complexity index is 886. The van der Waals surface area contributed by atoms with Crippen molar-refractivity contribution in [2.24, 2.45) is 5.73 Å². The Balaban J connectivity index is 0.000000941. The number of amides is 2. The monoisotopic (exact) mass is 408 g/mol. The number of hydrogen-bond donors (Lipinski definition) is 3. The van der Waals surface area contributed by atoms with Crippen molar-refractivity contribution in [2.45, 2.75) is 19.9 Å². The summed E-state index contributed by atoms with van der Waals surface area (Å²) in [6.07, 6.45) is 0.539. The first-order valence-corrected chi connectivity index (χ1v) is 9.02. The highest BCUT2D eigenvalue weighted by atomic mass is 19.2. The van der Waals surface area contributed by atoms with E-state index in [2.05, 4.69) is 10.6 Å². The van der Waals surface area contributed by atoms with E-state index in [1.807, 2.05) is 6.92 Å². The first-order valence-electron chi connectivity index (χ1n) is 9.02. The molecule has 0 aromatic heterocycles. The van der Waals surface area contributed by atoms with Crippen LogP contribution in [0.15, 0.2) is 30.3 Å². The molecule has 0 aliphatic carbocycles. The second-order valence-electron chi connectivity index (χ2n) is 6.49. The molecule has 3 rings (SSSR count). The summed E-state index contributed by atoms with van der Waals surface area (Å²) in [5, 5.41) is 5.02. The number of nitrogens with two attached hydrogens (primary N) is 1. The van der Waals surface area contributed by atoms with E-state index in [1.54, 1.807) is 13.0 Å². The van der Waals surface area contributed by atoms with Crippen LogP contribution in [0.3, 0.4) is 0 Å². The van der Waals surface area contributed by atoms with Gasteiger partial charge in [0.25, 0.3) is 5.91 Å².